The molecule has 1 aromatic heterocycles. The Labute approximate surface area is 163 Å². The third-order valence-electron chi connectivity index (χ3n) is 4.92. The van der Waals surface area contributed by atoms with Crippen LogP contribution >= 0.6 is 0 Å². The third kappa shape index (κ3) is 3.64. The number of carbonyl (C=O) groups is 1. The van der Waals surface area contributed by atoms with Crippen molar-refractivity contribution in [3.05, 3.63) is 54.6 Å². The Balaban J connectivity index is 1.71. The van der Waals surface area contributed by atoms with Crippen LogP contribution in [0.25, 0.3) is 22.2 Å². The van der Waals surface area contributed by atoms with Gasteiger partial charge in [0.25, 0.3) is 0 Å². The summed E-state index contributed by atoms with van der Waals surface area (Å²) in [6.07, 6.45) is 0.438. The molecule has 1 aliphatic heterocycles. The first-order valence-electron chi connectivity index (χ1n) is 9.20. The van der Waals surface area contributed by atoms with Crippen molar-refractivity contribution < 1.29 is 19.0 Å². The van der Waals surface area contributed by atoms with E-state index >= 15 is 0 Å². The van der Waals surface area contributed by atoms with Gasteiger partial charge in [0.05, 0.1) is 25.4 Å². The van der Waals surface area contributed by atoms with E-state index < -0.39 is 0 Å². The molecule has 0 amide bonds. The lowest BCUT2D eigenvalue weighted by Gasteiger charge is -2.16. The Morgan fingerprint density at radius 2 is 1.93 bits per heavy atom. The highest BCUT2D eigenvalue weighted by molar-refractivity contribution is 5.89. The van der Waals surface area contributed by atoms with Gasteiger partial charge in [-0.25, -0.2) is 4.98 Å². The molecule has 6 heteroatoms. The van der Waals surface area contributed by atoms with Crippen molar-refractivity contribution >= 4 is 16.9 Å². The zero-order valence-electron chi connectivity index (χ0n) is 15.8. The van der Waals surface area contributed by atoms with Gasteiger partial charge in [0.2, 0.25) is 0 Å². The molecule has 3 aromatic rings. The molecule has 0 radical (unpaired) electrons. The lowest BCUT2D eigenvalue weighted by atomic mass is 10.1. The Morgan fingerprint density at radius 1 is 1.11 bits per heavy atom. The minimum absolute atomic E-state index is 0.125. The maximum atomic E-state index is 11.8. The fourth-order valence-electron chi connectivity index (χ4n) is 3.45. The molecule has 2 aromatic carbocycles. The van der Waals surface area contributed by atoms with E-state index in [1.165, 1.54) is 7.11 Å². The van der Waals surface area contributed by atoms with Crippen LogP contribution in [0.15, 0.2) is 54.6 Å². The van der Waals surface area contributed by atoms with Gasteiger partial charge in [-0.2, -0.15) is 0 Å². The lowest BCUT2D eigenvalue weighted by Crippen LogP contribution is -2.31. The van der Waals surface area contributed by atoms with Crippen LogP contribution in [0.3, 0.4) is 0 Å². The van der Waals surface area contributed by atoms with Gasteiger partial charge in [-0.3, -0.25) is 4.79 Å². The van der Waals surface area contributed by atoms with Crippen LogP contribution in [-0.4, -0.2) is 43.9 Å². The summed E-state index contributed by atoms with van der Waals surface area (Å²) in [4.78, 5) is 16.6. The maximum absolute atomic E-state index is 11.8. The van der Waals surface area contributed by atoms with Crippen LogP contribution in [0.2, 0.25) is 0 Å². The second kappa shape index (κ2) is 7.86. The molecule has 2 atom stereocenters. The van der Waals surface area contributed by atoms with Gasteiger partial charge < -0.3 is 19.5 Å². The van der Waals surface area contributed by atoms with Gasteiger partial charge >= 0.3 is 5.97 Å². The van der Waals surface area contributed by atoms with Crippen molar-refractivity contribution in [2.75, 3.05) is 20.8 Å². The number of ether oxygens (including phenoxy) is 3. The molecule has 2 heterocycles. The molecule has 144 valence electrons. The second-order valence-corrected chi connectivity index (χ2v) is 6.71. The number of carbonyl (C=O) groups excluding carboxylic acids is 1. The molecule has 0 aliphatic carbocycles. The average molecular weight is 378 g/mol. The van der Waals surface area contributed by atoms with Crippen LogP contribution in [0.1, 0.15) is 6.42 Å². The Hall–Kier alpha value is -3.12. The first-order chi connectivity index (χ1) is 13.7. The molecule has 0 unspecified atom stereocenters. The zero-order chi connectivity index (χ0) is 19.5. The van der Waals surface area contributed by atoms with Crippen LogP contribution in [0.4, 0.5) is 0 Å². The third-order valence-corrected chi connectivity index (χ3v) is 4.92. The highest BCUT2D eigenvalue weighted by Gasteiger charge is 2.31. The maximum Gasteiger partial charge on any atom is 0.323 e. The number of methoxy groups -OCH3 is 2. The lowest BCUT2D eigenvalue weighted by molar-refractivity contribution is -0.142. The molecule has 1 saturated heterocycles. The predicted molar refractivity (Wildman–Crippen MR) is 107 cm³/mol. The van der Waals surface area contributed by atoms with E-state index in [-0.39, 0.29) is 18.1 Å². The normalized spacial score (nSPS) is 18.8. The summed E-state index contributed by atoms with van der Waals surface area (Å²) >= 11 is 0. The quantitative estimate of drug-likeness (QED) is 0.688. The van der Waals surface area contributed by atoms with Gasteiger partial charge in [0.1, 0.15) is 23.6 Å². The summed E-state index contributed by atoms with van der Waals surface area (Å²) in [5, 5.41) is 4.06. The summed E-state index contributed by atoms with van der Waals surface area (Å²) in [5.41, 5.74) is 2.63. The molecule has 1 aliphatic rings. The summed E-state index contributed by atoms with van der Waals surface area (Å²) in [6, 6.07) is 17.3. The van der Waals surface area contributed by atoms with E-state index in [0.29, 0.717) is 13.0 Å². The number of pyridine rings is 1. The molecule has 1 N–H and O–H groups in total. The van der Waals surface area contributed by atoms with Gasteiger partial charge in [-0.1, -0.05) is 30.3 Å². The van der Waals surface area contributed by atoms with Gasteiger partial charge in [0.15, 0.2) is 0 Å². The van der Waals surface area contributed by atoms with Crippen LogP contribution < -0.4 is 14.8 Å². The van der Waals surface area contributed by atoms with Crippen molar-refractivity contribution in [3.63, 3.8) is 0 Å². The zero-order valence-corrected chi connectivity index (χ0v) is 15.8. The minimum Gasteiger partial charge on any atom is -0.497 e. The Morgan fingerprint density at radius 3 is 2.68 bits per heavy atom. The van der Waals surface area contributed by atoms with Crippen molar-refractivity contribution in [2.45, 2.75) is 18.6 Å². The summed E-state index contributed by atoms with van der Waals surface area (Å²) in [5.74, 6) is 1.22. The van der Waals surface area contributed by atoms with Crippen molar-refractivity contribution in [1.82, 2.24) is 10.3 Å². The standard InChI is InChI=1S/C22H22N2O4/c1-26-15-8-9-17-19(10-15)24-18(14-6-4-3-5-7-14)12-21(17)28-16-11-20(23-13-16)22(25)27-2/h3-10,12,16,20,23H,11,13H2,1-2H3/t16-,20+/m1/s1. The van der Waals surface area contributed by atoms with E-state index in [1.54, 1.807) is 7.11 Å². The molecule has 1 fully saturated rings. The number of hydrogen-bond acceptors (Lipinski definition) is 6. The SMILES string of the molecule is COC(=O)[C@@H]1C[C@@H](Oc2cc(-c3ccccc3)nc3cc(OC)ccc23)CN1. The summed E-state index contributed by atoms with van der Waals surface area (Å²) in [6.45, 7) is 0.584. The Bertz CT molecular complexity index is 990. The summed E-state index contributed by atoms with van der Waals surface area (Å²) < 4.78 is 16.5. The topological polar surface area (TPSA) is 69.7 Å². The monoisotopic (exact) mass is 378 g/mol. The van der Waals surface area contributed by atoms with E-state index in [9.17, 15) is 4.79 Å². The van der Waals surface area contributed by atoms with Gasteiger partial charge in [-0.05, 0) is 12.1 Å². The number of aromatic nitrogens is 1. The van der Waals surface area contributed by atoms with Crippen molar-refractivity contribution in [1.29, 1.82) is 0 Å². The number of esters is 1. The Kier molecular flexibility index (Phi) is 5.12. The predicted octanol–water partition coefficient (Wildman–Crippen LogP) is 3.19. The van der Waals surface area contributed by atoms with E-state index in [1.807, 2.05) is 54.6 Å². The number of rotatable bonds is 5. The second-order valence-electron chi connectivity index (χ2n) is 6.71. The van der Waals surface area contributed by atoms with Crippen LogP contribution in [-0.2, 0) is 9.53 Å². The number of hydrogen-bond donors (Lipinski definition) is 1. The highest BCUT2D eigenvalue weighted by atomic mass is 16.5. The number of nitrogens with one attached hydrogen (secondary N) is 1. The largest absolute Gasteiger partial charge is 0.497 e. The fourth-order valence-corrected chi connectivity index (χ4v) is 3.45. The number of nitrogens with zero attached hydrogens (tertiary/aromatic N) is 1. The molecule has 0 spiro atoms. The fraction of sp³-hybridized carbons (Fsp3) is 0.273. The van der Waals surface area contributed by atoms with E-state index in [4.69, 9.17) is 19.2 Å². The van der Waals surface area contributed by atoms with E-state index in [2.05, 4.69) is 5.32 Å². The molecule has 6 nitrogen and oxygen atoms in total. The minimum atomic E-state index is -0.336. The molecular weight excluding hydrogens is 356 g/mol. The molecule has 28 heavy (non-hydrogen) atoms. The first-order valence-corrected chi connectivity index (χ1v) is 9.20. The first kappa shape index (κ1) is 18.3. The number of benzene rings is 2. The highest BCUT2D eigenvalue weighted by Crippen LogP contribution is 2.33. The molecule has 0 bridgehead atoms. The number of fused-ring (bicyclic) bond motifs is 1. The van der Waals surface area contributed by atoms with E-state index in [0.717, 1.165) is 33.7 Å². The smallest absolute Gasteiger partial charge is 0.323 e. The van der Waals surface area contributed by atoms with Crippen molar-refractivity contribution in [3.8, 4) is 22.8 Å². The van der Waals surface area contributed by atoms with Crippen molar-refractivity contribution in [2.24, 2.45) is 0 Å². The average Bonchev–Trinajstić information content (AvgIpc) is 3.21. The van der Waals surface area contributed by atoms with Crippen LogP contribution in [0.5, 0.6) is 11.5 Å². The molecular formula is C22H22N2O4. The summed E-state index contributed by atoms with van der Waals surface area (Å²) in [7, 11) is 3.03. The van der Waals surface area contributed by atoms with Gasteiger partial charge in [0, 0.05) is 36.0 Å². The molecule has 4 rings (SSSR count). The van der Waals surface area contributed by atoms with Gasteiger partial charge in [-0.15, -0.1) is 0 Å². The van der Waals surface area contributed by atoms with Crippen LogP contribution in [0, 0.1) is 0 Å². The molecule has 0 saturated carbocycles.